The highest BCUT2D eigenvalue weighted by Crippen LogP contribution is 2.18. The molecule has 1 rings (SSSR count). The van der Waals surface area contributed by atoms with E-state index in [1.165, 1.54) is 0 Å². The summed E-state index contributed by atoms with van der Waals surface area (Å²) >= 11 is 5.83. The first kappa shape index (κ1) is 11.6. The monoisotopic (exact) mass is 223 g/mol. The number of hydrogen-bond donors (Lipinski definition) is 1. The first-order valence-electron chi connectivity index (χ1n) is 4.34. The summed E-state index contributed by atoms with van der Waals surface area (Å²) in [6.07, 6.45) is 3.55. The lowest BCUT2D eigenvalue weighted by Crippen LogP contribution is -1.85. The van der Waals surface area contributed by atoms with E-state index in [0.29, 0.717) is 17.1 Å². The number of rotatable bonds is 4. The van der Waals surface area contributed by atoms with Crippen molar-refractivity contribution in [2.75, 3.05) is 6.54 Å². The molecule has 15 heavy (non-hydrogen) atoms. The van der Waals surface area contributed by atoms with Crippen LogP contribution in [-0.2, 0) is 6.61 Å². The number of nitrogens with zero attached hydrogens (tertiary/aromatic N) is 3. The van der Waals surface area contributed by atoms with Crippen LogP contribution in [0.3, 0.4) is 0 Å². The van der Waals surface area contributed by atoms with Gasteiger partial charge in [-0.2, -0.15) is 0 Å². The van der Waals surface area contributed by atoms with Crippen molar-refractivity contribution in [1.29, 1.82) is 0 Å². The number of benzene rings is 1. The van der Waals surface area contributed by atoms with Gasteiger partial charge in [0, 0.05) is 16.5 Å². The molecule has 0 radical (unpaired) electrons. The zero-order valence-electron chi connectivity index (χ0n) is 7.97. The fourth-order valence-electron chi connectivity index (χ4n) is 1.09. The summed E-state index contributed by atoms with van der Waals surface area (Å²) in [5, 5.41) is 12.9. The van der Waals surface area contributed by atoms with E-state index < -0.39 is 0 Å². The van der Waals surface area contributed by atoms with Crippen molar-refractivity contribution in [3.05, 3.63) is 50.9 Å². The SMILES string of the molecule is [N-]=[N+]=NCC=Cc1ccc(Cl)c(CO)c1. The lowest BCUT2D eigenvalue weighted by atomic mass is 10.1. The average molecular weight is 224 g/mol. The third-order valence-electron chi connectivity index (χ3n) is 1.80. The summed E-state index contributed by atoms with van der Waals surface area (Å²) in [7, 11) is 0. The van der Waals surface area contributed by atoms with Crippen molar-refractivity contribution in [1.82, 2.24) is 0 Å². The van der Waals surface area contributed by atoms with Gasteiger partial charge in [-0.3, -0.25) is 0 Å². The second-order valence-electron chi connectivity index (χ2n) is 2.82. The van der Waals surface area contributed by atoms with Crippen molar-refractivity contribution in [3.63, 3.8) is 0 Å². The van der Waals surface area contributed by atoms with Crippen LogP contribution in [0.1, 0.15) is 11.1 Å². The van der Waals surface area contributed by atoms with Gasteiger partial charge in [0.2, 0.25) is 0 Å². The number of halogens is 1. The first-order valence-corrected chi connectivity index (χ1v) is 4.72. The Kier molecular flexibility index (Phi) is 4.71. The summed E-state index contributed by atoms with van der Waals surface area (Å²) in [5.41, 5.74) is 9.65. The van der Waals surface area contributed by atoms with Crippen LogP contribution in [0.25, 0.3) is 16.5 Å². The summed E-state index contributed by atoms with van der Waals surface area (Å²) in [6, 6.07) is 5.34. The molecular formula is C10H10ClN3O. The quantitative estimate of drug-likeness (QED) is 0.476. The Morgan fingerprint density at radius 3 is 3.00 bits per heavy atom. The normalized spacial score (nSPS) is 10.3. The molecular weight excluding hydrogens is 214 g/mol. The molecule has 1 aromatic carbocycles. The van der Waals surface area contributed by atoms with Gasteiger partial charge >= 0.3 is 0 Å². The lowest BCUT2D eigenvalue weighted by Gasteiger charge is -2.01. The van der Waals surface area contributed by atoms with Crippen LogP contribution >= 0.6 is 11.6 Å². The molecule has 0 fully saturated rings. The van der Waals surface area contributed by atoms with E-state index in [-0.39, 0.29) is 6.61 Å². The van der Waals surface area contributed by atoms with Gasteiger partial charge < -0.3 is 5.11 Å². The molecule has 0 saturated carbocycles. The van der Waals surface area contributed by atoms with Crippen molar-refractivity contribution >= 4 is 17.7 Å². The molecule has 0 aromatic heterocycles. The minimum atomic E-state index is -0.0864. The minimum Gasteiger partial charge on any atom is -0.392 e. The fraction of sp³-hybridized carbons (Fsp3) is 0.200. The molecule has 78 valence electrons. The van der Waals surface area contributed by atoms with E-state index in [0.717, 1.165) is 5.56 Å². The Hall–Kier alpha value is -1.48. The van der Waals surface area contributed by atoms with Crippen LogP contribution in [0.4, 0.5) is 0 Å². The average Bonchev–Trinajstić information content (AvgIpc) is 2.26. The van der Waals surface area contributed by atoms with E-state index in [4.69, 9.17) is 22.2 Å². The standard InChI is InChI=1S/C10H10ClN3O/c11-10-4-3-8(6-9(10)7-15)2-1-5-13-14-12/h1-4,6,15H,5,7H2. The molecule has 5 heteroatoms. The Bertz CT molecular complexity index is 411. The van der Waals surface area contributed by atoms with Gasteiger partial charge in [-0.05, 0) is 28.8 Å². The number of aliphatic hydroxyl groups is 1. The number of hydrogen-bond acceptors (Lipinski definition) is 2. The molecule has 0 heterocycles. The van der Waals surface area contributed by atoms with Crippen LogP contribution in [0.2, 0.25) is 5.02 Å². The van der Waals surface area contributed by atoms with E-state index in [1.807, 2.05) is 12.1 Å². The predicted octanol–water partition coefficient (Wildman–Crippen LogP) is 3.16. The Labute approximate surface area is 92.4 Å². The van der Waals surface area contributed by atoms with E-state index in [1.54, 1.807) is 18.2 Å². The largest absolute Gasteiger partial charge is 0.392 e. The van der Waals surface area contributed by atoms with Crippen LogP contribution in [-0.4, -0.2) is 11.7 Å². The zero-order valence-corrected chi connectivity index (χ0v) is 8.72. The second-order valence-corrected chi connectivity index (χ2v) is 3.23. The minimum absolute atomic E-state index is 0.0864. The highest BCUT2D eigenvalue weighted by atomic mass is 35.5. The maximum absolute atomic E-state index is 8.98. The molecule has 0 aliphatic carbocycles. The topological polar surface area (TPSA) is 69.0 Å². The summed E-state index contributed by atoms with van der Waals surface area (Å²) in [6.45, 7) is 0.227. The number of azide groups is 1. The van der Waals surface area contributed by atoms with E-state index in [9.17, 15) is 0 Å². The molecule has 0 bridgehead atoms. The summed E-state index contributed by atoms with van der Waals surface area (Å²) in [4.78, 5) is 2.63. The van der Waals surface area contributed by atoms with Crippen LogP contribution in [0, 0.1) is 0 Å². The maximum atomic E-state index is 8.98. The van der Waals surface area contributed by atoms with Crippen LogP contribution < -0.4 is 0 Å². The van der Waals surface area contributed by atoms with Gasteiger partial charge in [0.15, 0.2) is 0 Å². The van der Waals surface area contributed by atoms with E-state index >= 15 is 0 Å². The van der Waals surface area contributed by atoms with Gasteiger partial charge in [0.1, 0.15) is 0 Å². The third-order valence-corrected chi connectivity index (χ3v) is 2.17. The van der Waals surface area contributed by atoms with Crippen LogP contribution in [0.15, 0.2) is 29.4 Å². The van der Waals surface area contributed by atoms with Gasteiger partial charge in [-0.15, -0.1) is 0 Å². The molecule has 1 aromatic rings. The number of aliphatic hydroxyl groups excluding tert-OH is 1. The van der Waals surface area contributed by atoms with Crippen molar-refractivity contribution < 1.29 is 5.11 Å². The molecule has 0 amide bonds. The Morgan fingerprint density at radius 2 is 2.33 bits per heavy atom. The molecule has 0 unspecified atom stereocenters. The zero-order chi connectivity index (χ0) is 11.1. The fourth-order valence-corrected chi connectivity index (χ4v) is 1.27. The second kappa shape index (κ2) is 6.09. The molecule has 0 saturated heterocycles. The van der Waals surface area contributed by atoms with Crippen LogP contribution in [0.5, 0.6) is 0 Å². The predicted molar refractivity (Wildman–Crippen MR) is 60.4 cm³/mol. The van der Waals surface area contributed by atoms with Crippen molar-refractivity contribution in [2.24, 2.45) is 5.11 Å². The molecule has 0 aliphatic heterocycles. The maximum Gasteiger partial charge on any atom is 0.0696 e. The first-order chi connectivity index (χ1) is 7.27. The molecule has 0 atom stereocenters. The lowest BCUT2D eigenvalue weighted by molar-refractivity contribution is 0.282. The van der Waals surface area contributed by atoms with Gasteiger partial charge in [0.25, 0.3) is 0 Å². The van der Waals surface area contributed by atoms with Gasteiger partial charge in [0.05, 0.1) is 6.61 Å². The van der Waals surface area contributed by atoms with Gasteiger partial charge in [-0.25, -0.2) is 0 Å². The summed E-state index contributed by atoms with van der Waals surface area (Å²) < 4.78 is 0. The van der Waals surface area contributed by atoms with Crippen molar-refractivity contribution in [3.8, 4) is 0 Å². The Balaban J connectivity index is 2.78. The van der Waals surface area contributed by atoms with E-state index in [2.05, 4.69) is 10.0 Å². The Morgan fingerprint density at radius 1 is 1.53 bits per heavy atom. The molecule has 1 N–H and O–H groups in total. The molecule has 4 nitrogen and oxygen atoms in total. The molecule has 0 aliphatic rings. The highest BCUT2D eigenvalue weighted by molar-refractivity contribution is 6.31. The third kappa shape index (κ3) is 3.64. The smallest absolute Gasteiger partial charge is 0.0696 e. The van der Waals surface area contributed by atoms with Gasteiger partial charge in [-0.1, -0.05) is 34.9 Å². The highest BCUT2D eigenvalue weighted by Gasteiger charge is 1.98. The van der Waals surface area contributed by atoms with Crippen molar-refractivity contribution in [2.45, 2.75) is 6.61 Å². The molecule has 0 spiro atoms. The summed E-state index contributed by atoms with van der Waals surface area (Å²) in [5.74, 6) is 0.